The average Bonchev–Trinajstić information content (AvgIpc) is 3.37. The van der Waals surface area contributed by atoms with Crippen molar-refractivity contribution in [2.24, 2.45) is 0 Å². The first-order valence-corrected chi connectivity index (χ1v) is 9.07. The van der Waals surface area contributed by atoms with Gasteiger partial charge >= 0.3 is 5.97 Å². The molecule has 0 unspecified atom stereocenters. The Morgan fingerprint density at radius 1 is 1.26 bits per heavy atom. The molecule has 27 heavy (non-hydrogen) atoms. The molecule has 136 valence electrons. The molecule has 8 nitrogen and oxygen atoms in total. The smallest absolute Gasteiger partial charge is 0.355 e. The Morgan fingerprint density at radius 2 is 2.04 bits per heavy atom. The molecule has 1 aromatic carbocycles. The van der Waals surface area contributed by atoms with Gasteiger partial charge in [0.05, 0.1) is 17.6 Å². The summed E-state index contributed by atoms with van der Waals surface area (Å²) in [6, 6.07) is 9.69. The number of rotatable bonds is 4. The molecule has 10 heteroatoms. The number of thiophene rings is 1. The van der Waals surface area contributed by atoms with Gasteiger partial charge in [-0.3, -0.25) is 4.79 Å². The highest BCUT2D eigenvalue weighted by Crippen LogP contribution is 2.37. The molecule has 0 bridgehead atoms. The molecule has 0 spiro atoms. The van der Waals surface area contributed by atoms with E-state index in [0.29, 0.717) is 15.5 Å². The number of aromatic nitrogens is 4. The van der Waals surface area contributed by atoms with Gasteiger partial charge in [-0.15, -0.1) is 11.3 Å². The zero-order chi connectivity index (χ0) is 19.0. The largest absolute Gasteiger partial charge is 0.464 e. The number of hydrogen-bond donors (Lipinski definition) is 1. The second-order valence-electron chi connectivity index (χ2n) is 5.61. The highest BCUT2D eigenvalue weighted by molar-refractivity contribution is 7.12. The molecule has 1 aliphatic rings. The molecular formula is C17H12ClN5O3S. The molecule has 2 aromatic heterocycles. The molecule has 3 aromatic rings. The summed E-state index contributed by atoms with van der Waals surface area (Å²) in [5.41, 5.74) is 0.917. The number of Topliss-reactive ketones (excluding diaryl/α,β-unsaturated/α-hetero) is 1. The van der Waals surface area contributed by atoms with Gasteiger partial charge in [0, 0.05) is 5.02 Å². The van der Waals surface area contributed by atoms with E-state index in [2.05, 4.69) is 20.8 Å². The summed E-state index contributed by atoms with van der Waals surface area (Å²) in [5, 5.41) is 16.7. The first-order chi connectivity index (χ1) is 13.1. The molecule has 4 rings (SSSR count). The van der Waals surface area contributed by atoms with Gasteiger partial charge in [0.2, 0.25) is 11.7 Å². The Labute approximate surface area is 162 Å². The Bertz CT molecular complexity index is 1040. The van der Waals surface area contributed by atoms with Crippen molar-refractivity contribution in [3.63, 3.8) is 0 Å². The lowest BCUT2D eigenvalue weighted by molar-refractivity contribution is -0.136. The van der Waals surface area contributed by atoms with Crippen LogP contribution in [-0.2, 0) is 9.53 Å². The predicted molar refractivity (Wildman–Crippen MR) is 98.7 cm³/mol. The molecule has 0 aliphatic carbocycles. The second-order valence-corrected chi connectivity index (χ2v) is 7.00. The zero-order valence-corrected chi connectivity index (χ0v) is 15.5. The number of allylic oxidation sites excluding steroid dienone is 1. The third-order valence-corrected chi connectivity index (χ3v) is 5.20. The molecule has 3 heterocycles. The van der Waals surface area contributed by atoms with Crippen LogP contribution in [0, 0.1) is 0 Å². The molecule has 1 N–H and O–H groups in total. The molecule has 0 radical (unpaired) electrons. The fourth-order valence-electron chi connectivity index (χ4n) is 2.88. The van der Waals surface area contributed by atoms with Crippen molar-refractivity contribution in [3.8, 4) is 0 Å². The fourth-order valence-corrected chi connectivity index (χ4v) is 3.69. The summed E-state index contributed by atoms with van der Waals surface area (Å²) in [6.07, 6.45) is 0. The van der Waals surface area contributed by atoms with Crippen LogP contribution in [0.1, 0.15) is 21.3 Å². The van der Waals surface area contributed by atoms with Gasteiger partial charge in [-0.25, -0.2) is 4.79 Å². The van der Waals surface area contributed by atoms with Crippen LogP contribution in [-0.4, -0.2) is 39.1 Å². The number of benzene rings is 1. The van der Waals surface area contributed by atoms with Crippen LogP contribution in [0.25, 0.3) is 0 Å². The topological polar surface area (TPSA) is 99.0 Å². The Kier molecular flexibility index (Phi) is 4.46. The lowest BCUT2D eigenvalue weighted by Gasteiger charge is -2.27. The van der Waals surface area contributed by atoms with Crippen molar-refractivity contribution in [1.29, 1.82) is 0 Å². The van der Waals surface area contributed by atoms with E-state index in [0.717, 1.165) is 0 Å². The molecule has 0 amide bonds. The monoisotopic (exact) mass is 401 g/mol. The highest BCUT2D eigenvalue weighted by atomic mass is 35.5. The summed E-state index contributed by atoms with van der Waals surface area (Å²) in [5.74, 6) is -0.750. The van der Waals surface area contributed by atoms with Crippen molar-refractivity contribution in [2.45, 2.75) is 6.04 Å². The van der Waals surface area contributed by atoms with Gasteiger partial charge in [-0.2, -0.15) is 4.68 Å². The minimum Gasteiger partial charge on any atom is -0.464 e. The van der Waals surface area contributed by atoms with E-state index >= 15 is 0 Å². The standard InChI is InChI=1S/C17H12ClN5O3S/c1-26-16(25)13-12(15(24)11-3-2-8-27-11)14(9-4-6-10(18)7-5-9)23-17(19-13)20-21-22-23/h2-8,14H,1H3,(H,19,20,22)/t14-/m0/s1. The summed E-state index contributed by atoms with van der Waals surface area (Å²) in [7, 11) is 1.25. The predicted octanol–water partition coefficient (Wildman–Crippen LogP) is 2.71. The number of carbonyl (C=O) groups excluding carboxylic acids is 2. The lowest BCUT2D eigenvalue weighted by Crippen LogP contribution is -2.32. The van der Waals surface area contributed by atoms with Crippen LogP contribution in [0.4, 0.5) is 5.95 Å². The molecule has 0 fully saturated rings. The molecule has 0 saturated heterocycles. The van der Waals surface area contributed by atoms with Gasteiger partial charge in [0.1, 0.15) is 11.7 Å². The number of esters is 1. The fraction of sp³-hybridized carbons (Fsp3) is 0.118. The Balaban J connectivity index is 1.95. The number of nitrogens with one attached hydrogen (secondary N) is 1. The van der Waals surface area contributed by atoms with Crippen molar-refractivity contribution < 1.29 is 14.3 Å². The highest BCUT2D eigenvalue weighted by Gasteiger charge is 2.38. The summed E-state index contributed by atoms with van der Waals surface area (Å²) in [4.78, 5) is 26.2. The summed E-state index contributed by atoms with van der Waals surface area (Å²) in [6.45, 7) is 0. The van der Waals surface area contributed by atoms with E-state index < -0.39 is 12.0 Å². The minimum absolute atomic E-state index is 0.0122. The van der Waals surface area contributed by atoms with Crippen LogP contribution in [0.15, 0.2) is 53.0 Å². The Morgan fingerprint density at radius 3 is 2.70 bits per heavy atom. The van der Waals surface area contributed by atoms with Gasteiger partial charge < -0.3 is 10.1 Å². The summed E-state index contributed by atoms with van der Waals surface area (Å²) < 4.78 is 6.33. The normalized spacial score (nSPS) is 15.9. The maximum absolute atomic E-state index is 13.3. The van der Waals surface area contributed by atoms with E-state index in [4.69, 9.17) is 16.3 Å². The molecule has 1 aliphatic heterocycles. The number of nitrogens with zero attached hydrogens (tertiary/aromatic N) is 4. The van der Waals surface area contributed by atoms with E-state index in [1.54, 1.807) is 41.8 Å². The SMILES string of the molecule is COC(=O)C1=C(C(=O)c2cccs2)[C@H](c2ccc(Cl)cc2)n2nnnc2N1. The van der Waals surface area contributed by atoms with Crippen LogP contribution in [0.5, 0.6) is 0 Å². The van der Waals surface area contributed by atoms with Gasteiger partial charge in [-0.05, 0) is 39.6 Å². The lowest BCUT2D eigenvalue weighted by atomic mass is 9.91. The Hall–Kier alpha value is -3.04. The van der Waals surface area contributed by atoms with E-state index in [-0.39, 0.29) is 23.0 Å². The van der Waals surface area contributed by atoms with Crippen molar-refractivity contribution in [1.82, 2.24) is 20.2 Å². The molecule has 0 saturated carbocycles. The van der Waals surface area contributed by atoms with E-state index in [1.165, 1.54) is 23.1 Å². The first-order valence-electron chi connectivity index (χ1n) is 7.81. The van der Waals surface area contributed by atoms with Gasteiger partial charge in [0.25, 0.3) is 0 Å². The van der Waals surface area contributed by atoms with Crippen molar-refractivity contribution >= 4 is 40.6 Å². The summed E-state index contributed by atoms with van der Waals surface area (Å²) >= 11 is 7.28. The van der Waals surface area contributed by atoms with E-state index in [9.17, 15) is 9.59 Å². The van der Waals surface area contributed by atoms with Crippen LogP contribution in [0.3, 0.4) is 0 Å². The third-order valence-electron chi connectivity index (χ3n) is 4.08. The number of tetrazole rings is 1. The quantitative estimate of drug-likeness (QED) is 0.530. The van der Waals surface area contributed by atoms with Crippen LogP contribution in [0.2, 0.25) is 5.02 Å². The van der Waals surface area contributed by atoms with Crippen LogP contribution < -0.4 is 5.32 Å². The van der Waals surface area contributed by atoms with Crippen molar-refractivity contribution in [2.75, 3.05) is 12.4 Å². The maximum atomic E-state index is 13.3. The number of hydrogen-bond acceptors (Lipinski definition) is 8. The number of ether oxygens (including phenoxy) is 1. The first kappa shape index (κ1) is 17.4. The molecule has 1 atom stereocenters. The zero-order valence-electron chi connectivity index (χ0n) is 13.9. The number of methoxy groups -OCH3 is 1. The maximum Gasteiger partial charge on any atom is 0.355 e. The van der Waals surface area contributed by atoms with E-state index in [1.807, 2.05) is 0 Å². The molecular weight excluding hydrogens is 390 g/mol. The number of ketones is 1. The van der Waals surface area contributed by atoms with Crippen molar-refractivity contribution in [3.05, 3.63) is 68.5 Å². The number of fused-ring (bicyclic) bond motifs is 1. The number of anilines is 1. The van der Waals surface area contributed by atoms with Gasteiger partial charge in [-0.1, -0.05) is 34.9 Å². The third kappa shape index (κ3) is 3.00. The van der Waals surface area contributed by atoms with Crippen LogP contribution >= 0.6 is 22.9 Å². The average molecular weight is 402 g/mol. The number of halogens is 1. The second kappa shape index (κ2) is 6.93. The van der Waals surface area contributed by atoms with Gasteiger partial charge in [0.15, 0.2) is 0 Å². The number of carbonyl (C=O) groups is 2. The minimum atomic E-state index is -0.711.